The molecule has 0 aliphatic heterocycles. The Morgan fingerprint density at radius 1 is 1.36 bits per heavy atom. The van der Waals surface area contributed by atoms with Gasteiger partial charge in [0.25, 0.3) is 0 Å². The highest BCUT2D eigenvalue weighted by Crippen LogP contribution is 2.24. The minimum Gasteiger partial charge on any atom is -0.481 e. The number of carboxylic acids is 1. The van der Waals surface area contributed by atoms with Gasteiger partial charge in [-0.15, -0.1) is 0 Å². The third kappa shape index (κ3) is 4.78. The maximum atomic E-state index is 11.8. The molecular formula is C18H17N3O4. The summed E-state index contributed by atoms with van der Waals surface area (Å²) < 4.78 is 6.35. The molecule has 0 saturated heterocycles. The summed E-state index contributed by atoms with van der Waals surface area (Å²) in [6, 6.07) is 11.1. The van der Waals surface area contributed by atoms with Crippen LogP contribution < -0.4 is 0 Å². The summed E-state index contributed by atoms with van der Waals surface area (Å²) >= 11 is 0. The van der Waals surface area contributed by atoms with Crippen molar-refractivity contribution in [1.82, 2.24) is 9.78 Å². The molecule has 1 heterocycles. The van der Waals surface area contributed by atoms with Crippen molar-refractivity contribution < 1.29 is 19.4 Å². The smallest absolute Gasteiger partial charge is 0.348 e. The standard InChI is InChI=1S/C18H17N3O4/c1-2-25-18(24)14(11-19)10-15-12-21(9-8-16(22)23)20-17(15)13-6-4-3-5-7-13/h3-7,10,12H,2,8-9H2,1H3,(H,22,23)/b14-10+. The molecule has 0 aliphatic rings. The number of aromatic nitrogens is 2. The number of ether oxygens (including phenoxy) is 1. The number of nitriles is 1. The van der Waals surface area contributed by atoms with Crippen molar-refractivity contribution >= 4 is 18.0 Å². The van der Waals surface area contributed by atoms with E-state index >= 15 is 0 Å². The SMILES string of the molecule is CCOC(=O)/C(C#N)=C/c1cn(CCC(=O)O)nc1-c1ccccc1. The number of benzene rings is 1. The average Bonchev–Trinajstić information content (AvgIpc) is 3.01. The molecule has 2 aromatic rings. The van der Waals surface area contributed by atoms with Crippen LogP contribution in [0.3, 0.4) is 0 Å². The van der Waals surface area contributed by atoms with E-state index in [0.29, 0.717) is 11.3 Å². The van der Waals surface area contributed by atoms with Gasteiger partial charge in [0.2, 0.25) is 0 Å². The van der Waals surface area contributed by atoms with Gasteiger partial charge in [0.1, 0.15) is 11.6 Å². The first kappa shape index (κ1) is 17.9. The number of hydrogen-bond donors (Lipinski definition) is 1. The van der Waals surface area contributed by atoms with Gasteiger partial charge in [0, 0.05) is 17.3 Å². The van der Waals surface area contributed by atoms with Crippen LogP contribution in [0.5, 0.6) is 0 Å². The van der Waals surface area contributed by atoms with E-state index < -0.39 is 11.9 Å². The molecule has 0 radical (unpaired) electrons. The van der Waals surface area contributed by atoms with E-state index in [2.05, 4.69) is 5.10 Å². The van der Waals surface area contributed by atoms with Gasteiger partial charge in [-0.3, -0.25) is 9.48 Å². The molecule has 0 amide bonds. The largest absolute Gasteiger partial charge is 0.481 e. The van der Waals surface area contributed by atoms with Crippen LogP contribution in [0.25, 0.3) is 17.3 Å². The quantitative estimate of drug-likeness (QED) is 0.472. The molecule has 0 fully saturated rings. The fourth-order valence-electron chi connectivity index (χ4n) is 2.19. The summed E-state index contributed by atoms with van der Waals surface area (Å²) in [6.07, 6.45) is 2.94. The fourth-order valence-corrected chi connectivity index (χ4v) is 2.19. The number of nitrogens with zero attached hydrogens (tertiary/aromatic N) is 3. The van der Waals surface area contributed by atoms with Crippen LogP contribution in [-0.2, 0) is 20.9 Å². The lowest BCUT2D eigenvalue weighted by atomic mass is 10.1. The first-order chi connectivity index (χ1) is 12.0. The second-order valence-electron chi connectivity index (χ2n) is 5.10. The lowest BCUT2D eigenvalue weighted by Crippen LogP contribution is -2.06. The molecule has 0 saturated carbocycles. The molecule has 7 nitrogen and oxygen atoms in total. The maximum Gasteiger partial charge on any atom is 0.348 e. The van der Waals surface area contributed by atoms with Crippen molar-refractivity contribution in [3.63, 3.8) is 0 Å². The summed E-state index contributed by atoms with van der Waals surface area (Å²) in [5.74, 6) is -1.64. The Hall–Kier alpha value is -3.40. The van der Waals surface area contributed by atoms with E-state index in [1.165, 1.54) is 10.8 Å². The summed E-state index contributed by atoms with van der Waals surface area (Å²) in [6.45, 7) is 2.01. The molecule has 7 heteroatoms. The first-order valence-corrected chi connectivity index (χ1v) is 7.68. The third-order valence-corrected chi connectivity index (χ3v) is 3.31. The van der Waals surface area contributed by atoms with Gasteiger partial charge in [-0.05, 0) is 13.0 Å². The average molecular weight is 339 g/mol. The number of aryl methyl sites for hydroxylation is 1. The first-order valence-electron chi connectivity index (χ1n) is 7.68. The maximum absolute atomic E-state index is 11.8. The Balaban J connectivity index is 2.45. The van der Waals surface area contributed by atoms with Gasteiger partial charge in [0.15, 0.2) is 0 Å². The van der Waals surface area contributed by atoms with Crippen LogP contribution in [0.2, 0.25) is 0 Å². The van der Waals surface area contributed by atoms with E-state index in [1.807, 2.05) is 36.4 Å². The summed E-state index contributed by atoms with van der Waals surface area (Å²) in [4.78, 5) is 22.6. The Kier molecular flexibility index (Phi) is 6.07. The highest BCUT2D eigenvalue weighted by Gasteiger charge is 2.15. The third-order valence-electron chi connectivity index (χ3n) is 3.31. The molecule has 2 rings (SSSR count). The number of esters is 1. The summed E-state index contributed by atoms with van der Waals surface area (Å²) in [5.41, 5.74) is 1.75. The van der Waals surface area contributed by atoms with E-state index in [9.17, 15) is 14.9 Å². The number of aliphatic carboxylic acids is 1. The minimum atomic E-state index is -0.932. The molecule has 0 aliphatic carbocycles. The normalized spacial score (nSPS) is 11.0. The number of hydrogen-bond acceptors (Lipinski definition) is 5. The second-order valence-corrected chi connectivity index (χ2v) is 5.10. The van der Waals surface area contributed by atoms with Crippen molar-refractivity contribution in [1.29, 1.82) is 5.26 Å². The van der Waals surface area contributed by atoms with Crippen LogP contribution in [0, 0.1) is 11.3 Å². The molecule has 1 N–H and O–H groups in total. The molecule has 0 bridgehead atoms. The molecule has 0 spiro atoms. The minimum absolute atomic E-state index is 0.0813. The van der Waals surface area contributed by atoms with Crippen LogP contribution in [0.4, 0.5) is 0 Å². The molecular weight excluding hydrogens is 322 g/mol. The van der Waals surface area contributed by atoms with E-state index in [4.69, 9.17) is 9.84 Å². The van der Waals surface area contributed by atoms with Crippen molar-refractivity contribution in [3.8, 4) is 17.3 Å². The zero-order valence-electron chi connectivity index (χ0n) is 13.7. The number of carbonyl (C=O) groups is 2. The zero-order valence-corrected chi connectivity index (χ0v) is 13.7. The highest BCUT2D eigenvalue weighted by molar-refractivity contribution is 5.98. The Morgan fingerprint density at radius 2 is 2.08 bits per heavy atom. The van der Waals surface area contributed by atoms with Crippen molar-refractivity contribution in [2.75, 3.05) is 6.61 Å². The predicted octanol–water partition coefficient (Wildman–Crippen LogP) is 2.49. The topological polar surface area (TPSA) is 105 Å². The van der Waals surface area contributed by atoms with Crippen LogP contribution in [0.15, 0.2) is 42.1 Å². The van der Waals surface area contributed by atoms with Crippen molar-refractivity contribution in [2.24, 2.45) is 0 Å². The van der Waals surface area contributed by atoms with Crippen molar-refractivity contribution in [2.45, 2.75) is 19.9 Å². The highest BCUT2D eigenvalue weighted by atomic mass is 16.5. The van der Waals surface area contributed by atoms with E-state index in [-0.39, 0.29) is 25.1 Å². The number of carbonyl (C=O) groups excluding carboxylic acids is 1. The lowest BCUT2D eigenvalue weighted by molar-refractivity contribution is -0.138. The molecule has 0 atom stereocenters. The number of rotatable bonds is 7. The molecule has 1 aromatic heterocycles. The van der Waals surface area contributed by atoms with Crippen molar-refractivity contribution in [3.05, 3.63) is 47.7 Å². The van der Waals surface area contributed by atoms with Crippen LogP contribution >= 0.6 is 0 Å². The molecule has 0 unspecified atom stereocenters. The zero-order chi connectivity index (χ0) is 18.2. The molecule has 25 heavy (non-hydrogen) atoms. The predicted molar refractivity (Wildman–Crippen MR) is 90.1 cm³/mol. The Morgan fingerprint density at radius 3 is 2.68 bits per heavy atom. The van der Waals surface area contributed by atoms with E-state index in [0.717, 1.165) is 5.56 Å². The van der Waals surface area contributed by atoms with Crippen LogP contribution in [-0.4, -0.2) is 33.4 Å². The fraction of sp³-hybridized carbons (Fsp3) is 0.222. The van der Waals surface area contributed by atoms with Crippen LogP contribution in [0.1, 0.15) is 18.9 Å². The monoisotopic (exact) mass is 339 g/mol. The number of carboxylic acid groups (broad SMARTS) is 1. The van der Waals surface area contributed by atoms with Gasteiger partial charge in [-0.2, -0.15) is 10.4 Å². The second kappa shape index (κ2) is 8.45. The molecule has 128 valence electrons. The Bertz CT molecular complexity index is 832. The van der Waals surface area contributed by atoms with E-state index in [1.54, 1.807) is 13.1 Å². The summed E-state index contributed by atoms with van der Waals surface area (Å²) in [7, 11) is 0. The van der Waals surface area contributed by atoms with Gasteiger partial charge >= 0.3 is 11.9 Å². The lowest BCUT2D eigenvalue weighted by Gasteiger charge is -2.01. The van der Waals surface area contributed by atoms with Gasteiger partial charge in [-0.1, -0.05) is 30.3 Å². The molecule has 1 aromatic carbocycles. The summed E-state index contributed by atoms with van der Waals surface area (Å²) in [5, 5.41) is 22.4. The van der Waals surface area contributed by atoms with Gasteiger partial charge in [0.05, 0.1) is 25.3 Å². The van der Waals surface area contributed by atoms with Gasteiger partial charge in [-0.25, -0.2) is 4.79 Å². The van der Waals surface area contributed by atoms with Gasteiger partial charge < -0.3 is 9.84 Å². The Labute approximate surface area is 144 Å².